The van der Waals surface area contributed by atoms with Crippen molar-refractivity contribution in [1.82, 2.24) is 20.4 Å². The van der Waals surface area contributed by atoms with E-state index in [2.05, 4.69) is 31.4 Å². The Bertz CT molecular complexity index is 877. The summed E-state index contributed by atoms with van der Waals surface area (Å²) in [7, 11) is 1.64. The molecule has 0 aliphatic carbocycles. The first-order chi connectivity index (χ1) is 16.4. The molecule has 0 saturated carbocycles. The molecule has 3 N–H and O–H groups in total. The van der Waals surface area contributed by atoms with Gasteiger partial charge in [0.15, 0.2) is 12.0 Å². The molecule has 34 heavy (non-hydrogen) atoms. The minimum atomic E-state index is -0.853. The van der Waals surface area contributed by atoms with Crippen molar-refractivity contribution < 1.29 is 19.4 Å². The van der Waals surface area contributed by atoms with E-state index in [-0.39, 0.29) is 13.2 Å². The number of aliphatic hydroxyl groups is 1. The lowest BCUT2D eigenvalue weighted by atomic mass is 10.00. The van der Waals surface area contributed by atoms with E-state index in [1.807, 2.05) is 24.3 Å². The Morgan fingerprint density at radius 1 is 1.24 bits per heavy atom. The number of amides is 3. The highest BCUT2D eigenvalue weighted by molar-refractivity contribution is 6.04. The van der Waals surface area contributed by atoms with Gasteiger partial charge in [0.25, 0.3) is 5.91 Å². The van der Waals surface area contributed by atoms with Crippen LogP contribution in [0.3, 0.4) is 0 Å². The summed E-state index contributed by atoms with van der Waals surface area (Å²) in [5, 5.41) is 16.4. The average molecular weight is 474 g/mol. The predicted octanol–water partition coefficient (Wildman–Crippen LogP) is 2.34. The molecule has 2 saturated heterocycles. The monoisotopic (exact) mass is 473 g/mol. The van der Waals surface area contributed by atoms with E-state index in [4.69, 9.17) is 9.73 Å². The fourth-order valence-corrected chi connectivity index (χ4v) is 4.38. The number of aliphatic hydroxyl groups excluding tert-OH is 1. The lowest BCUT2D eigenvalue weighted by molar-refractivity contribution is -0.127. The zero-order valence-electron chi connectivity index (χ0n) is 20.8. The third kappa shape index (κ3) is 6.20. The Balaban J connectivity index is 1.73. The number of nitrogens with zero attached hydrogens (tertiary/aromatic N) is 3. The van der Waals surface area contributed by atoms with E-state index < -0.39 is 30.2 Å². The van der Waals surface area contributed by atoms with E-state index in [9.17, 15) is 14.7 Å². The first kappa shape index (κ1) is 25.8. The Hall–Kier alpha value is -2.81. The molecule has 2 aliphatic heterocycles. The lowest BCUT2D eigenvalue weighted by Gasteiger charge is -2.35. The Morgan fingerprint density at radius 3 is 2.74 bits per heavy atom. The van der Waals surface area contributed by atoms with E-state index >= 15 is 0 Å². The number of imide groups is 1. The van der Waals surface area contributed by atoms with Gasteiger partial charge in [-0.2, -0.15) is 0 Å². The summed E-state index contributed by atoms with van der Waals surface area (Å²) in [5.74, 6) is 1.29. The van der Waals surface area contributed by atoms with Gasteiger partial charge in [-0.1, -0.05) is 52.2 Å². The summed E-state index contributed by atoms with van der Waals surface area (Å²) in [4.78, 5) is 32.9. The van der Waals surface area contributed by atoms with E-state index in [0.29, 0.717) is 24.2 Å². The highest BCUT2D eigenvalue weighted by Crippen LogP contribution is 2.22. The number of β-amino-alcohol motifs (C(OH)–C–C–N with tert-alkyl or cyclic N) is 1. The number of benzene rings is 1. The molecule has 4 unspecified atom stereocenters. The van der Waals surface area contributed by atoms with Crippen molar-refractivity contribution in [2.75, 3.05) is 26.7 Å². The molecule has 0 bridgehead atoms. The number of nitrogens with one attached hydrogen (secondary N) is 2. The molecule has 2 heterocycles. The zero-order valence-corrected chi connectivity index (χ0v) is 20.8. The molecular formula is C25H39N5O4. The van der Waals surface area contributed by atoms with E-state index in [1.165, 1.54) is 4.90 Å². The largest absolute Gasteiger partial charge is 0.491 e. The summed E-state index contributed by atoms with van der Waals surface area (Å²) in [6.07, 6.45) is 3.93. The molecule has 3 amide bonds. The predicted molar refractivity (Wildman–Crippen MR) is 132 cm³/mol. The highest BCUT2D eigenvalue weighted by atomic mass is 16.5. The molecule has 0 aromatic heterocycles. The molecular weight excluding hydrogens is 434 g/mol. The number of hydrogen-bond acceptors (Lipinski definition) is 5. The Morgan fingerprint density at radius 2 is 2.03 bits per heavy atom. The van der Waals surface area contributed by atoms with Crippen LogP contribution in [0.5, 0.6) is 5.75 Å². The Labute approximate surface area is 202 Å². The molecule has 1 aromatic carbocycles. The maximum absolute atomic E-state index is 12.7. The number of ether oxygens (including phenoxy) is 1. The minimum absolute atomic E-state index is 0.0822. The third-order valence-corrected chi connectivity index (χ3v) is 6.62. The van der Waals surface area contributed by atoms with Crippen LogP contribution in [0.25, 0.3) is 0 Å². The van der Waals surface area contributed by atoms with Gasteiger partial charge < -0.3 is 25.0 Å². The molecule has 3 rings (SSSR count). The van der Waals surface area contributed by atoms with Crippen LogP contribution in [0.15, 0.2) is 29.3 Å². The normalized spacial score (nSPS) is 22.9. The molecule has 2 aliphatic rings. The quantitative estimate of drug-likeness (QED) is 0.430. The first-order valence-electron chi connectivity index (χ1n) is 12.4. The smallest absolute Gasteiger partial charge is 0.325 e. The van der Waals surface area contributed by atoms with Crippen LogP contribution >= 0.6 is 0 Å². The van der Waals surface area contributed by atoms with Crippen molar-refractivity contribution in [3.8, 4) is 5.75 Å². The second-order valence-corrected chi connectivity index (χ2v) is 9.14. The summed E-state index contributed by atoms with van der Waals surface area (Å²) in [6.45, 7) is 7.28. The highest BCUT2D eigenvalue weighted by Gasteiger charge is 2.50. The van der Waals surface area contributed by atoms with Crippen molar-refractivity contribution in [2.24, 2.45) is 10.9 Å². The second kappa shape index (κ2) is 12.1. The van der Waals surface area contributed by atoms with Crippen LogP contribution in [0.2, 0.25) is 0 Å². The van der Waals surface area contributed by atoms with Crippen LogP contribution in [-0.2, 0) is 11.2 Å². The third-order valence-electron chi connectivity index (χ3n) is 6.62. The summed E-state index contributed by atoms with van der Waals surface area (Å²) >= 11 is 0. The number of urea groups is 1. The van der Waals surface area contributed by atoms with E-state index in [1.54, 1.807) is 11.9 Å². The molecule has 9 nitrogen and oxygen atoms in total. The molecule has 188 valence electrons. The number of guanidine groups is 1. The van der Waals surface area contributed by atoms with Crippen LogP contribution < -0.4 is 15.4 Å². The summed E-state index contributed by atoms with van der Waals surface area (Å²) in [6, 6.07) is 6.67. The fraction of sp³-hybridized carbons (Fsp3) is 0.640. The average Bonchev–Trinajstić information content (AvgIpc) is 3.20. The number of aryl methyl sites for hydroxylation is 1. The molecule has 9 heteroatoms. The van der Waals surface area contributed by atoms with Gasteiger partial charge in [0, 0.05) is 13.6 Å². The van der Waals surface area contributed by atoms with Gasteiger partial charge in [-0.25, -0.2) is 4.79 Å². The molecule has 1 aromatic rings. The zero-order chi connectivity index (χ0) is 24.7. The number of aliphatic imine (C=N–C) groups is 1. The van der Waals surface area contributed by atoms with Gasteiger partial charge >= 0.3 is 6.03 Å². The first-order valence-corrected chi connectivity index (χ1v) is 12.4. The van der Waals surface area contributed by atoms with Crippen molar-refractivity contribution in [1.29, 1.82) is 0 Å². The second-order valence-electron chi connectivity index (χ2n) is 9.14. The maximum atomic E-state index is 12.7. The van der Waals surface area contributed by atoms with Crippen molar-refractivity contribution in [3.05, 3.63) is 29.8 Å². The fourth-order valence-electron chi connectivity index (χ4n) is 4.38. The van der Waals surface area contributed by atoms with Crippen LogP contribution in [0.1, 0.15) is 52.0 Å². The van der Waals surface area contributed by atoms with Crippen LogP contribution in [-0.4, -0.2) is 77.9 Å². The van der Waals surface area contributed by atoms with Gasteiger partial charge in [-0.3, -0.25) is 15.1 Å². The number of likely N-dealkylation sites (N-methyl/N-ethyl adjacent to an activating group) is 1. The maximum Gasteiger partial charge on any atom is 0.325 e. The van der Waals surface area contributed by atoms with Crippen molar-refractivity contribution in [3.63, 3.8) is 0 Å². The molecule has 4 atom stereocenters. The number of fused-ring (bicyclic) bond motifs is 1. The molecule has 0 radical (unpaired) electrons. The number of hydrogen-bond donors (Lipinski definition) is 3. The van der Waals surface area contributed by atoms with Gasteiger partial charge in [0.2, 0.25) is 0 Å². The number of carbonyl (C=O) groups excluding carboxylic acids is 2. The number of carbonyl (C=O) groups is 2. The van der Waals surface area contributed by atoms with Gasteiger partial charge in [-0.15, -0.1) is 0 Å². The summed E-state index contributed by atoms with van der Waals surface area (Å²) < 4.78 is 5.81. The van der Waals surface area contributed by atoms with Crippen molar-refractivity contribution >= 4 is 17.9 Å². The van der Waals surface area contributed by atoms with Gasteiger partial charge in [-0.05, 0) is 36.5 Å². The number of unbranched alkanes of at least 4 members (excludes halogenated alkanes) is 1. The van der Waals surface area contributed by atoms with E-state index in [0.717, 1.165) is 37.7 Å². The van der Waals surface area contributed by atoms with Gasteiger partial charge in [0.05, 0.1) is 6.54 Å². The molecule has 2 fully saturated rings. The topological polar surface area (TPSA) is 106 Å². The minimum Gasteiger partial charge on any atom is -0.491 e. The lowest BCUT2D eigenvalue weighted by Crippen LogP contribution is -2.65. The molecule has 0 spiro atoms. The van der Waals surface area contributed by atoms with Crippen LogP contribution in [0, 0.1) is 5.92 Å². The number of rotatable bonds is 12. The standard InChI is InChI=1S/C25H39N5O4/c1-5-8-10-18(7-3)14-26-24-27-22-21(23(32)28-25(33)29(22)4)30(24)15-19(31)16-34-20-12-9-11-17(6-2)13-20/h9,11-13,18-19,21-22,31H,5-8,10,14-16H2,1-4H3,(H,26,27)(H,28,32,33). The van der Waals surface area contributed by atoms with Gasteiger partial charge in [0.1, 0.15) is 24.6 Å². The van der Waals surface area contributed by atoms with Crippen molar-refractivity contribution in [2.45, 2.75) is 71.2 Å². The van der Waals surface area contributed by atoms with Crippen LogP contribution in [0.4, 0.5) is 4.79 Å². The summed E-state index contributed by atoms with van der Waals surface area (Å²) in [5.41, 5.74) is 1.16. The Kier molecular flexibility index (Phi) is 9.15. The SMILES string of the molecule is CCCCC(CC)CN=C1NC2C(C(=O)NC(=O)N2C)N1CC(O)COc1cccc(CC)c1.